The number of aromatic nitrogens is 1. The lowest BCUT2D eigenvalue weighted by molar-refractivity contribution is -0.120. The molecule has 1 heterocycles. The number of carbonyl (C=O) groups is 2. The molecule has 2 rings (SSSR count). The molecule has 1 saturated carbocycles. The van der Waals surface area contributed by atoms with Crippen molar-refractivity contribution in [3.8, 4) is 0 Å². The number of halogens is 1. The standard InChI is InChI=1S/C13H18BrN3O2/c1-7(2)11(12(15)18)16-13(19)10-5-8(14)6-17(10)9-3-4-9/h5-7,9,11H,3-4H2,1-2H3,(H2,15,18)(H,16,19). The van der Waals surface area contributed by atoms with Crippen LogP contribution in [-0.4, -0.2) is 22.4 Å². The SMILES string of the molecule is CC(C)C(NC(=O)c1cc(Br)cn1C1CC1)C(N)=O. The number of nitrogens with zero attached hydrogens (tertiary/aromatic N) is 1. The van der Waals surface area contributed by atoms with Gasteiger partial charge in [0.25, 0.3) is 5.91 Å². The number of nitrogens with one attached hydrogen (secondary N) is 1. The molecule has 1 aliphatic rings. The lowest BCUT2D eigenvalue weighted by atomic mass is 10.0. The molecule has 0 bridgehead atoms. The van der Waals surface area contributed by atoms with E-state index < -0.39 is 11.9 Å². The molecule has 6 heteroatoms. The maximum atomic E-state index is 12.3. The van der Waals surface area contributed by atoms with Crippen LogP contribution < -0.4 is 11.1 Å². The molecular weight excluding hydrogens is 310 g/mol. The zero-order chi connectivity index (χ0) is 14.2. The monoisotopic (exact) mass is 327 g/mol. The van der Waals surface area contributed by atoms with Gasteiger partial charge in [-0.2, -0.15) is 0 Å². The number of hydrogen-bond acceptors (Lipinski definition) is 2. The fourth-order valence-corrected chi connectivity index (χ4v) is 2.50. The molecule has 1 aromatic rings. The minimum absolute atomic E-state index is 0.0331. The van der Waals surface area contributed by atoms with Gasteiger partial charge in [0.05, 0.1) is 0 Å². The molecule has 1 aromatic heterocycles. The van der Waals surface area contributed by atoms with E-state index in [1.165, 1.54) is 0 Å². The summed E-state index contributed by atoms with van der Waals surface area (Å²) in [7, 11) is 0. The van der Waals surface area contributed by atoms with Gasteiger partial charge >= 0.3 is 0 Å². The smallest absolute Gasteiger partial charge is 0.268 e. The molecule has 104 valence electrons. The summed E-state index contributed by atoms with van der Waals surface area (Å²) >= 11 is 3.38. The third-order valence-corrected chi connectivity index (χ3v) is 3.68. The van der Waals surface area contributed by atoms with E-state index in [-0.39, 0.29) is 11.8 Å². The Morgan fingerprint density at radius 1 is 1.47 bits per heavy atom. The molecule has 3 N–H and O–H groups in total. The molecule has 1 aliphatic carbocycles. The zero-order valence-corrected chi connectivity index (χ0v) is 12.6. The van der Waals surface area contributed by atoms with Gasteiger partial charge < -0.3 is 15.6 Å². The molecule has 1 atom stereocenters. The minimum atomic E-state index is -0.645. The molecule has 0 saturated heterocycles. The molecule has 1 fully saturated rings. The number of primary amides is 1. The van der Waals surface area contributed by atoms with Crippen LogP contribution in [-0.2, 0) is 4.79 Å². The summed E-state index contributed by atoms with van der Waals surface area (Å²) in [5.74, 6) is -0.795. The van der Waals surface area contributed by atoms with E-state index in [0.29, 0.717) is 11.7 Å². The van der Waals surface area contributed by atoms with Crippen molar-refractivity contribution in [1.82, 2.24) is 9.88 Å². The van der Waals surface area contributed by atoms with Gasteiger partial charge in [0, 0.05) is 16.7 Å². The summed E-state index contributed by atoms with van der Waals surface area (Å²) in [6.07, 6.45) is 4.08. The second-order valence-corrected chi connectivity index (χ2v) is 6.20. The van der Waals surface area contributed by atoms with Gasteiger partial charge in [-0.25, -0.2) is 0 Å². The van der Waals surface area contributed by atoms with Crippen molar-refractivity contribution < 1.29 is 9.59 Å². The highest BCUT2D eigenvalue weighted by molar-refractivity contribution is 9.10. The van der Waals surface area contributed by atoms with E-state index in [1.807, 2.05) is 24.6 Å². The van der Waals surface area contributed by atoms with Crippen molar-refractivity contribution >= 4 is 27.7 Å². The normalized spacial score (nSPS) is 16.4. The molecule has 19 heavy (non-hydrogen) atoms. The number of rotatable bonds is 5. The Bertz CT molecular complexity index is 506. The predicted octanol–water partition coefficient (Wildman–Crippen LogP) is 1.83. The van der Waals surface area contributed by atoms with E-state index in [1.54, 1.807) is 6.07 Å². The van der Waals surface area contributed by atoms with Crippen LogP contribution in [0.4, 0.5) is 0 Å². The van der Waals surface area contributed by atoms with Gasteiger partial charge in [0.2, 0.25) is 5.91 Å². The van der Waals surface area contributed by atoms with Crippen molar-refractivity contribution in [2.45, 2.75) is 38.8 Å². The summed E-state index contributed by atoms with van der Waals surface area (Å²) in [6, 6.07) is 1.53. The molecule has 0 radical (unpaired) electrons. The number of hydrogen-bond donors (Lipinski definition) is 2. The van der Waals surface area contributed by atoms with Crippen molar-refractivity contribution in [1.29, 1.82) is 0 Å². The van der Waals surface area contributed by atoms with Gasteiger partial charge in [0.1, 0.15) is 11.7 Å². The summed E-state index contributed by atoms with van der Waals surface area (Å²) in [6.45, 7) is 3.71. The average molecular weight is 328 g/mol. The van der Waals surface area contributed by atoms with Crippen LogP contribution in [0.5, 0.6) is 0 Å². The molecule has 1 unspecified atom stereocenters. The van der Waals surface area contributed by atoms with Crippen LogP contribution in [0.3, 0.4) is 0 Å². The second-order valence-electron chi connectivity index (χ2n) is 5.28. The molecule has 2 amide bonds. The summed E-state index contributed by atoms with van der Waals surface area (Å²) in [4.78, 5) is 23.6. The van der Waals surface area contributed by atoms with E-state index in [2.05, 4.69) is 21.2 Å². The van der Waals surface area contributed by atoms with Crippen molar-refractivity contribution in [3.63, 3.8) is 0 Å². The summed E-state index contributed by atoms with van der Waals surface area (Å²) < 4.78 is 2.82. The topological polar surface area (TPSA) is 77.1 Å². The maximum Gasteiger partial charge on any atom is 0.268 e. The molecule has 0 spiro atoms. The van der Waals surface area contributed by atoms with Crippen molar-refractivity contribution in [3.05, 3.63) is 22.4 Å². The van der Waals surface area contributed by atoms with Crippen LogP contribution >= 0.6 is 15.9 Å². The molecule has 0 aromatic carbocycles. The third kappa shape index (κ3) is 3.18. The second kappa shape index (κ2) is 5.36. The van der Waals surface area contributed by atoms with Crippen LogP contribution in [0.25, 0.3) is 0 Å². The Balaban J connectivity index is 2.17. The molecule has 0 aliphatic heterocycles. The average Bonchev–Trinajstić information content (AvgIpc) is 3.08. The zero-order valence-electron chi connectivity index (χ0n) is 11.0. The number of nitrogens with two attached hydrogens (primary N) is 1. The van der Waals surface area contributed by atoms with Gasteiger partial charge in [0.15, 0.2) is 0 Å². The summed E-state index contributed by atoms with van der Waals surface area (Å²) in [5, 5.41) is 2.71. The van der Waals surface area contributed by atoms with Crippen LogP contribution in [0.2, 0.25) is 0 Å². The fraction of sp³-hybridized carbons (Fsp3) is 0.538. The Morgan fingerprint density at radius 2 is 2.11 bits per heavy atom. The first-order chi connectivity index (χ1) is 8.90. The van der Waals surface area contributed by atoms with Gasteiger partial charge in [-0.3, -0.25) is 9.59 Å². The highest BCUT2D eigenvalue weighted by Crippen LogP contribution is 2.37. The minimum Gasteiger partial charge on any atom is -0.368 e. The van der Waals surface area contributed by atoms with E-state index in [0.717, 1.165) is 17.3 Å². The van der Waals surface area contributed by atoms with E-state index in [4.69, 9.17) is 5.73 Å². The number of amides is 2. The first-order valence-corrected chi connectivity index (χ1v) is 7.17. The first kappa shape index (κ1) is 14.1. The Hall–Kier alpha value is -1.30. The van der Waals surface area contributed by atoms with Crippen molar-refractivity contribution in [2.24, 2.45) is 11.7 Å². The predicted molar refractivity (Wildman–Crippen MR) is 75.7 cm³/mol. The van der Waals surface area contributed by atoms with Crippen LogP contribution in [0.1, 0.15) is 43.2 Å². The maximum absolute atomic E-state index is 12.3. The first-order valence-electron chi connectivity index (χ1n) is 6.37. The molecule has 5 nitrogen and oxygen atoms in total. The lowest BCUT2D eigenvalue weighted by Gasteiger charge is -2.19. The lowest BCUT2D eigenvalue weighted by Crippen LogP contribution is -2.48. The van der Waals surface area contributed by atoms with Crippen molar-refractivity contribution in [2.75, 3.05) is 0 Å². The van der Waals surface area contributed by atoms with Gasteiger partial charge in [-0.1, -0.05) is 13.8 Å². The van der Waals surface area contributed by atoms with Crippen LogP contribution in [0, 0.1) is 5.92 Å². The third-order valence-electron chi connectivity index (χ3n) is 3.25. The quantitative estimate of drug-likeness (QED) is 0.865. The highest BCUT2D eigenvalue weighted by Gasteiger charge is 2.29. The highest BCUT2D eigenvalue weighted by atomic mass is 79.9. The largest absolute Gasteiger partial charge is 0.368 e. The Labute approximate surface area is 120 Å². The van der Waals surface area contributed by atoms with Crippen LogP contribution in [0.15, 0.2) is 16.7 Å². The Kier molecular flexibility index (Phi) is 3.99. The van der Waals surface area contributed by atoms with E-state index in [9.17, 15) is 9.59 Å². The van der Waals surface area contributed by atoms with Gasteiger partial charge in [-0.05, 0) is 40.8 Å². The Morgan fingerprint density at radius 3 is 2.58 bits per heavy atom. The molecular formula is C13H18BrN3O2. The van der Waals surface area contributed by atoms with E-state index >= 15 is 0 Å². The van der Waals surface area contributed by atoms with Gasteiger partial charge in [-0.15, -0.1) is 0 Å². The fourth-order valence-electron chi connectivity index (χ4n) is 2.06. The number of carbonyl (C=O) groups excluding carboxylic acids is 2. The summed E-state index contributed by atoms with van der Waals surface area (Å²) in [5.41, 5.74) is 5.88.